The van der Waals surface area contributed by atoms with E-state index in [0.717, 1.165) is 0 Å². The van der Waals surface area contributed by atoms with Crippen molar-refractivity contribution in [1.82, 2.24) is 0 Å². The van der Waals surface area contributed by atoms with Crippen molar-refractivity contribution >= 4 is 17.6 Å². The van der Waals surface area contributed by atoms with Crippen molar-refractivity contribution in [3.63, 3.8) is 0 Å². The number of non-ortho nitro benzene ring substituents is 1. The van der Waals surface area contributed by atoms with E-state index >= 15 is 0 Å². The third-order valence-electron chi connectivity index (χ3n) is 2.55. The molecule has 1 atom stereocenters. The Morgan fingerprint density at radius 1 is 1.38 bits per heavy atom. The molecule has 0 aliphatic heterocycles. The van der Waals surface area contributed by atoms with Crippen molar-refractivity contribution in [2.45, 2.75) is 38.7 Å². The van der Waals surface area contributed by atoms with Crippen LogP contribution < -0.4 is 0 Å². The molecule has 0 aromatic heterocycles. The number of aliphatic carboxylic acids is 1. The van der Waals surface area contributed by atoms with Crippen LogP contribution in [0.3, 0.4) is 0 Å². The summed E-state index contributed by atoms with van der Waals surface area (Å²) in [5.74, 6) is -2.98. The van der Waals surface area contributed by atoms with Crippen LogP contribution in [0.5, 0.6) is 0 Å². The second-order valence-electron chi connectivity index (χ2n) is 5.54. The standard InChI is InChI=1S/C14H17NO6/c1-14(2,3)21-13(18)11(8-12(16)17)9-5-4-6-10(7-9)15(19)20/h4-7,11H,8H2,1-3H3,(H,16,17)/t11-/m0/s1. The summed E-state index contributed by atoms with van der Waals surface area (Å²) in [6, 6.07) is 5.35. The fraction of sp³-hybridized carbons (Fsp3) is 0.429. The van der Waals surface area contributed by atoms with Gasteiger partial charge in [-0.3, -0.25) is 19.7 Å². The summed E-state index contributed by atoms with van der Waals surface area (Å²) in [6.07, 6.45) is -0.490. The van der Waals surface area contributed by atoms with Crippen LogP contribution in [-0.4, -0.2) is 27.6 Å². The lowest BCUT2D eigenvalue weighted by Gasteiger charge is -2.23. The molecular weight excluding hydrogens is 278 g/mol. The largest absolute Gasteiger partial charge is 0.481 e. The summed E-state index contributed by atoms with van der Waals surface area (Å²) in [6.45, 7) is 4.99. The average molecular weight is 295 g/mol. The Bertz CT molecular complexity index is 561. The zero-order valence-corrected chi connectivity index (χ0v) is 12.0. The number of rotatable bonds is 5. The second kappa shape index (κ2) is 6.34. The van der Waals surface area contributed by atoms with E-state index in [2.05, 4.69) is 0 Å². The molecule has 0 aliphatic carbocycles. The minimum Gasteiger partial charge on any atom is -0.481 e. The summed E-state index contributed by atoms with van der Waals surface area (Å²) < 4.78 is 5.18. The molecule has 1 rings (SSSR count). The highest BCUT2D eigenvalue weighted by atomic mass is 16.6. The molecule has 0 bridgehead atoms. The Labute approximate surface area is 121 Å². The van der Waals surface area contributed by atoms with Crippen LogP contribution in [-0.2, 0) is 14.3 Å². The average Bonchev–Trinajstić information content (AvgIpc) is 2.33. The summed E-state index contributed by atoms with van der Waals surface area (Å²) in [4.78, 5) is 33.2. The molecule has 0 unspecified atom stereocenters. The van der Waals surface area contributed by atoms with E-state index in [4.69, 9.17) is 9.84 Å². The number of nitro groups is 1. The first-order valence-corrected chi connectivity index (χ1v) is 6.29. The number of ether oxygens (including phenoxy) is 1. The summed E-state index contributed by atoms with van der Waals surface area (Å²) >= 11 is 0. The molecule has 0 spiro atoms. The first kappa shape index (κ1) is 16.6. The molecule has 0 aliphatic rings. The van der Waals surface area contributed by atoms with Crippen LogP contribution in [0.15, 0.2) is 24.3 Å². The van der Waals surface area contributed by atoms with Crippen molar-refractivity contribution in [2.75, 3.05) is 0 Å². The van der Waals surface area contributed by atoms with E-state index in [1.54, 1.807) is 20.8 Å². The minimum atomic E-state index is -1.18. The zero-order valence-electron chi connectivity index (χ0n) is 12.0. The monoisotopic (exact) mass is 295 g/mol. The van der Waals surface area contributed by atoms with E-state index in [9.17, 15) is 19.7 Å². The molecule has 1 N–H and O–H groups in total. The maximum absolute atomic E-state index is 12.1. The Hall–Kier alpha value is -2.44. The predicted molar refractivity (Wildman–Crippen MR) is 73.9 cm³/mol. The molecule has 7 nitrogen and oxygen atoms in total. The van der Waals surface area contributed by atoms with Gasteiger partial charge >= 0.3 is 11.9 Å². The molecule has 7 heteroatoms. The minimum absolute atomic E-state index is 0.202. The quantitative estimate of drug-likeness (QED) is 0.508. The number of nitro benzene ring substituents is 1. The van der Waals surface area contributed by atoms with Crippen LogP contribution in [0.4, 0.5) is 5.69 Å². The number of carbonyl (C=O) groups is 2. The van der Waals surface area contributed by atoms with E-state index in [1.165, 1.54) is 24.3 Å². The maximum atomic E-state index is 12.1. The van der Waals surface area contributed by atoms with Crippen LogP contribution in [0, 0.1) is 10.1 Å². The highest BCUT2D eigenvalue weighted by Crippen LogP contribution is 2.26. The lowest BCUT2D eigenvalue weighted by molar-refractivity contribution is -0.384. The Morgan fingerprint density at radius 2 is 2.00 bits per heavy atom. The van der Waals surface area contributed by atoms with Gasteiger partial charge in [-0.15, -0.1) is 0 Å². The topological polar surface area (TPSA) is 107 Å². The summed E-state index contributed by atoms with van der Waals surface area (Å²) in [5.41, 5.74) is -0.721. The normalized spacial score (nSPS) is 12.5. The molecule has 0 saturated carbocycles. The highest BCUT2D eigenvalue weighted by molar-refractivity contribution is 5.84. The van der Waals surface area contributed by atoms with Gasteiger partial charge in [-0.2, -0.15) is 0 Å². The first-order valence-electron chi connectivity index (χ1n) is 6.29. The van der Waals surface area contributed by atoms with Crippen molar-refractivity contribution in [3.05, 3.63) is 39.9 Å². The SMILES string of the molecule is CC(C)(C)OC(=O)[C@@H](CC(=O)O)c1cccc([N+](=O)[O-])c1. The van der Waals surface area contributed by atoms with Crippen LogP contribution >= 0.6 is 0 Å². The molecule has 0 radical (unpaired) electrons. The van der Waals surface area contributed by atoms with Gasteiger partial charge in [0, 0.05) is 12.1 Å². The highest BCUT2D eigenvalue weighted by Gasteiger charge is 2.29. The lowest BCUT2D eigenvalue weighted by Crippen LogP contribution is -2.29. The van der Waals surface area contributed by atoms with Gasteiger partial charge in [-0.1, -0.05) is 12.1 Å². The van der Waals surface area contributed by atoms with Gasteiger partial charge in [0.05, 0.1) is 17.3 Å². The number of nitrogens with zero attached hydrogens (tertiary/aromatic N) is 1. The van der Waals surface area contributed by atoms with Crippen molar-refractivity contribution in [1.29, 1.82) is 0 Å². The van der Waals surface area contributed by atoms with Crippen molar-refractivity contribution in [3.8, 4) is 0 Å². The Morgan fingerprint density at radius 3 is 2.48 bits per heavy atom. The molecule has 0 amide bonds. The van der Waals surface area contributed by atoms with Gasteiger partial charge in [0.2, 0.25) is 0 Å². The van der Waals surface area contributed by atoms with Crippen LogP contribution in [0.1, 0.15) is 38.7 Å². The first-order chi connectivity index (χ1) is 9.60. The summed E-state index contributed by atoms with van der Waals surface area (Å²) in [7, 11) is 0. The van der Waals surface area contributed by atoms with Gasteiger partial charge in [-0.05, 0) is 26.3 Å². The van der Waals surface area contributed by atoms with Crippen molar-refractivity contribution in [2.24, 2.45) is 0 Å². The molecule has 0 fully saturated rings. The Kier molecular flexibility index (Phi) is 5.02. The number of carboxylic acids is 1. The van der Waals surface area contributed by atoms with Gasteiger partial charge in [0.1, 0.15) is 5.60 Å². The lowest BCUT2D eigenvalue weighted by atomic mass is 9.95. The van der Waals surface area contributed by atoms with E-state index in [1.807, 2.05) is 0 Å². The number of carbonyl (C=O) groups excluding carboxylic acids is 1. The number of benzene rings is 1. The molecular formula is C14H17NO6. The summed E-state index contributed by atoms with van der Waals surface area (Å²) in [5, 5.41) is 19.7. The van der Waals surface area contributed by atoms with Crippen LogP contribution in [0.25, 0.3) is 0 Å². The predicted octanol–water partition coefficient (Wildman–Crippen LogP) is 2.49. The van der Waals surface area contributed by atoms with Gasteiger partial charge in [0.25, 0.3) is 5.69 Å². The molecule has 114 valence electrons. The van der Waals surface area contributed by atoms with E-state index in [0.29, 0.717) is 0 Å². The zero-order chi connectivity index (χ0) is 16.2. The van der Waals surface area contributed by atoms with E-state index < -0.39 is 34.8 Å². The van der Waals surface area contributed by atoms with Gasteiger partial charge < -0.3 is 9.84 Å². The molecule has 21 heavy (non-hydrogen) atoms. The fourth-order valence-corrected chi connectivity index (χ4v) is 1.74. The maximum Gasteiger partial charge on any atom is 0.314 e. The fourth-order valence-electron chi connectivity index (χ4n) is 1.74. The third kappa shape index (κ3) is 5.21. The molecule has 1 aromatic rings. The Balaban J connectivity index is 3.13. The third-order valence-corrected chi connectivity index (χ3v) is 2.55. The number of carboxylic acid groups (broad SMARTS) is 1. The van der Waals surface area contributed by atoms with E-state index in [-0.39, 0.29) is 11.3 Å². The number of hydrogen-bond acceptors (Lipinski definition) is 5. The van der Waals surface area contributed by atoms with Gasteiger partial charge in [0.15, 0.2) is 0 Å². The molecule has 0 saturated heterocycles. The smallest absolute Gasteiger partial charge is 0.314 e. The molecule has 1 aromatic carbocycles. The number of hydrogen-bond donors (Lipinski definition) is 1. The second-order valence-corrected chi connectivity index (χ2v) is 5.54. The van der Waals surface area contributed by atoms with Crippen LogP contribution in [0.2, 0.25) is 0 Å². The molecule has 0 heterocycles. The number of esters is 1. The van der Waals surface area contributed by atoms with Crippen molar-refractivity contribution < 1.29 is 24.4 Å². The van der Waals surface area contributed by atoms with Gasteiger partial charge in [-0.25, -0.2) is 0 Å².